The number of hydrogen-bond acceptors (Lipinski definition) is 5. The van der Waals surface area contributed by atoms with E-state index < -0.39 is 11.8 Å². The Morgan fingerprint density at radius 3 is 2.78 bits per heavy atom. The summed E-state index contributed by atoms with van der Waals surface area (Å²) in [5.41, 5.74) is 2.93. The predicted molar refractivity (Wildman–Crippen MR) is 103 cm³/mol. The number of nitrogens with zero attached hydrogens (tertiary/aromatic N) is 1. The molecule has 0 aliphatic heterocycles. The van der Waals surface area contributed by atoms with Gasteiger partial charge in [0.15, 0.2) is 11.6 Å². The van der Waals surface area contributed by atoms with Crippen molar-refractivity contribution in [2.75, 3.05) is 0 Å². The van der Waals surface area contributed by atoms with Gasteiger partial charge in [0.2, 0.25) is 5.01 Å². The standard InChI is InChI=1S/C21H20FNO3S/c1-3-15-11-14(10-13(2)19(15)24)8-9-16-12-23-20(27-16)21(25)26-18-7-5-4-6-17(18)22/h4-7,10-12,24H,3,8-9H2,1-2H3. The maximum Gasteiger partial charge on any atom is 0.372 e. The quantitative estimate of drug-likeness (QED) is 0.486. The molecular formula is C21H20FNO3S. The first-order chi connectivity index (χ1) is 13.0. The second-order valence-electron chi connectivity index (χ2n) is 6.23. The Balaban J connectivity index is 1.65. The van der Waals surface area contributed by atoms with Crippen molar-refractivity contribution in [3.8, 4) is 11.5 Å². The van der Waals surface area contributed by atoms with Crippen molar-refractivity contribution < 1.29 is 19.0 Å². The molecule has 4 nitrogen and oxygen atoms in total. The summed E-state index contributed by atoms with van der Waals surface area (Å²) >= 11 is 1.25. The lowest BCUT2D eigenvalue weighted by Crippen LogP contribution is -2.08. The average molecular weight is 385 g/mol. The summed E-state index contributed by atoms with van der Waals surface area (Å²) in [4.78, 5) is 17.2. The van der Waals surface area contributed by atoms with Gasteiger partial charge in [-0.15, -0.1) is 11.3 Å². The molecule has 140 valence electrons. The van der Waals surface area contributed by atoms with Crippen molar-refractivity contribution in [2.45, 2.75) is 33.1 Å². The minimum atomic E-state index is -0.662. The number of para-hydroxylation sites is 1. The highest BCUT2D eigenvalue weighted by atomic mass is 32.1. The number of aromatic nitrogens is 1. The predicted octanol–water partition coefficient (Wildman–Crippen LogP) is 4.86. The van der Waals surface area contributed by atoms with Crippen molar-refractivity contribution in [2.24, 2.45) is 0 Å². The second kappa shape index (κ2) is 8.31. The van der Waals surface area contributed by atoms with Crippen LogP contribution in [0.4, 0.5) is 4.39 Å². The number of ether oxygens (including phenoxy) is 1. The van der Waals surface area contributed by atoms with E-state index in [1.165, 1.54) is 29.5 Å². The number of carbonyl (C=O) groups is 1. The molecule has 6 heteroatoms. The minimum Gasteiger partial charge on any atom is -0.507 e. The fourth-order valence-corrected chi connectivity index (χ4v) is 3.59. The summed E-state index contributed by atoms with van der Waals surface area (Å²) in [6, 6.07) is 9.76. The van der Waals surface area contributed by atoms with Crippen LogP contribution in [0.25, 0.3) is 0 Å². The van der Waals surface area contributed by atoms with Gasteiger partial charge in [-0.3, -0.25) is 0 Å². The molecule has 0 radical (unpaired) electrons. The summed E-state index contributed by atoms with van der Waals surface area (Å²) in [6.45, 7) is 3.90. The van der Waals surface area contributed by atoms with Crippen molar-refractivity contribution in [1.29, 1.82) is 0 Å². The lowest BCUT2D eigenvalue weighted by Gasteiger charge is -2.09. The fraction of sp³-hybridized carbons (Fsp3) is 0.238. The van der Waals surface area contributed by atoms with Crippen LogP contribution < -0.4 is 4.74 Å². The second-order valence-corrected chi connectivity index (χ2v) is 7.34. The van der Waals surface area contributed by atoms with Crippen LogP contribution in [-0.2, 0) is 19.3 Å². The number of phenolic OH excluding ortho intramolecular Hbond substituents is 1. The molecule has 0 saturated carbocycles. The van der Waals surface area contributed by atoms with E-state index in [0.29, 0.717) is 5.75 Å². The number of benzene rings is 2. The molecule has 3 aromatic rings. The minimum absolute atomic E-state index is 0.106. The highest BCUT2D eigenvalue weighted by Gasteiger charge is 2.16. The van der Waals surface area contributed by atoms with Crippen LogP contribution >= 0.6 is 11.3 Å². The summed E-state index contributed by atoms with van der Waals surface area (Å²) in [6.07, 6.45) is 3.92. The van der Waals surface area contributed by atoms with E-state index >= 15 is 0 Å². The van der Waals surface area contributed by atoms with Gasteiger partial charge in [0, 0.05) is 11.1 Å². The van der Waals surface area contributed by atoms with Crippen molar-refractivity contribution in [3.63, 3.8) is 0 Å². The summed E-state index contributed by atoms with van der Waals surface area (Å²) < 4.78 is 18.7. The van der Waals surface area contributed by atoms with E-state index in [9.17, 15) is 14.3 Å². The topological polar surface area (TPSA) is 59.4 Å². The largest absolute Gasteiger partial charge is 0.507 e. The number of aryl methyl sites for hydroxylation is 4. The van der Waals surface area contributed by atoms with Crippen molar-refractivity contribution >= 4 is 17.3 Å². The Labute approximate surface area is 161 Å². The number of aromatic hydroxyl groups is 1. The zero-order valence-electron chi connectivity index (χ0n) is 15.2. The molecular weight excluding hydrogens is 365 g/mol. The Morgan fingerprint density at radius 1 is 1.26 bits per heavy atom. The van der Waals surface area contributed by atoms with Gasteiger partial charge in [-0.05, 0) is 55.0 Å². The molecule has 0 amide bonds. The van der Waals surface area contributed by atoms with Gasteiger partial charge in [0.05, 0.1) is 0 Å². The zero-order chi connectivity index (χ0) is 19.4. The van der Waals surface area contributed by atoms with Crippen LogP contribution in [0.3, 0.4) is 0 Å². The van der Waals surface area contributed by atoms with E-state index in [1.54, 1.807) is 12.3 Å². The first-order valence-corrected chi connectivity index (χ1v) is 9.52. The van der Waals surface area contributed by atoms with Crippen molar-refractivity contribution in [1.82, 2.24) is 4.98 Å². The number of carbonyl (C=O) groups excluding carboxylic acids is 1. The number of esters is 1. The highest BCUT2D eigenvalue weighted by molar-refractivity contribution is 7.13. The molecule has 0 atom stereocenters. The third-order valence-electron chi connectivity index (χ3n) is 4.25. The summed E-state index contributed by atoms with van der Waals surface area (Å²) in [5, 5.41) is 10.2. The molecule has 1 N–H and O–H groups in total. The molecule has 0 unspecified atom stereocenters. The average Bonchev–Trinajstić information content (AvgIpc) is 3.13. The van der Waals surface area contributed by atoms with E-state index in [2.05, 4.69) is 4.98 Å². The first-order valence-electron chi connectivity index (χ1n) is 8.70. The Hall–Kier alpha value is -2.73. The number of rotatable bonds is 6. The number of phenols is 1. The molecule has 0 saturated heterocycles. The number of halogens is 1. The highest BCUT2D eigenvalue weighted by Crippen LogP contribution is 2.26. The molecule has 27 heavy (non-hydrogen) atoms. The molecule has 0 aliphatic rings. The molecule has 1 heterocycles. The first kappa shape index (κ1) is 19.0. The van der Waals surface area contributed by atoms with E-state index in [0.717, 1.165) is 40.8 Å². The molecule has 1 aromatic heterocycles. The van der Waals surface area contributed by atoms with Crippen LogP contribution in [0, 0.1) is 12.7 Å². The maximum absolute atomic E-state index is 13.6. The third kappa shape index (κ3) is 4.52. The van der Waals surface area contributed by atoms with Gasteiger partial charge in [-0.25, -0.2) is 14.2 Å². The molecule has 0 bridgehead atoms. The lowest BCUT2D eigenvalue weighted by atomic mass is 10.00. The SMILES string of the molecule is CCc1cc(CCc2cnc(C(=O)Oc3ccccc3F)s2)cc(C)c1O. The van der Waals surface area contributed by atoms with Gasteiger partial charge < -0.3 is 9.84 Å². The van der Waals surface area contributed by atoms with E-state index in [-0.39, 0.29) is 10.8 Å². The van der Waals surface area contributed by atoms with Crippen LogP contribution in [0.2, 0.25) is 0 Å². The van der Waals surface area contributed by atoms with Crippen LogP contribution in [-0.4, -0.2) is 16.1 Å². The van der Waals surface area contributed by atoms with Gasteiger partial charge in [0.25, 0.3) is 0 Å². The Morgan fingerprint density at radius 2 is 2.04 bits per heavy atom. The Bertz CT molecular complexity index is 968. The molecule has 2 aromatic carbocycles. The molecule has 0 spiro atoms. The van der Waals surface area contributed by atoms with Crippen LogP contribution in [0.1, 0.15) is 38.3 Å². The number of thiazole rings is 1. The van der Waals surface area contributed by atoms with Crippen LogP contribution in [0.5, 0.6) is 11.5 Å². The molecule has 0 aliphatic carbocycles. The van der Waals surface area contributed by atoms with E-state index in [1.807, 2.05) is 26.0 Å². The summed E-state index contributed by atoms with van der Waals surface area (Å²) in [5.74, 6) is -0.995. The fourth-order valence-electron chi connectivity index (χ4n) is 2.80. The lowest BCUT2D eigenvalue weighted by molar-refractivity contribution is 0.0727. The zero-order valence-corrected chi connectivity index (χ0v) is 16.0. The normalized spacial score (nSPS) is 10.8. The van der Waals surface area contributed by atoms with Gasteiger partial charge in [-0.1, -0.05) is 31.2 Å². The smallest absolute Gasteiger partial charge is 0.372 e. The summed E-state index contributed by atoms with van der Waals surface area (Å²) in [7, 11) is 0. The van der Waals surface area contributed by atoms with Gasteiger partial charge in [-0.2, -0.15) is 0 Å². The van der Waals surface area contributed by atoms with Crippen molar-refractivity contribution in [3.05, 3.63) is 75.0 Å². The molecule has 0 fully saturated rings. The monoisotopic (exact) mass is 385 g/mol. The Kier molecular flexibility index (Phi) is 5.86. The van der Waals surface area contributed by atoms with Crippen LogP contribution in [0.15, 0.2) is 42.6 Å². The van der Waals surface area contributed by atoms with E-state index in [4.69, 9.17) is 4.74 Å². The number of hydrogen-bond donors (Lipinski definition) is 1. The van der Waals surface area contributed by atoms with Gasteiger partial charge >= 0.3 is 5.97 Å². The maximum atomic E-state index is 13.6. The third-order valence-corrected chi connectivity index (χ3v) is 5.28. The molecule has 3 rings (SSSR count). The van der Waals surface area contributed by atoms with Gasteiger partial charge in [0.1, 0.15) is 5.75 Å².